The normalized spacial score (nSPS) is 19.6. The molecule has 2 aromatic heterocycles. The quantitative estimate of drug-likeness (QED) is 0.781. The highest BCUT2D eigenvalue weighted by molar-refractivity contribution is 5.93. The highest BCUT2D eigenvalue weighted by Gasteiger charge is 2.35. The minimum absolute atomic E-state index is 0.141. The molecule has 9 heteroatoms. The van der Waals surface area contributed by atoms with E-state index in [4.69, 9.17) is 0 Å². The Morgan fingerprint density at radius 2 is 1.96 bits per heavy atom. The van der Waals surface area contributed by atoms with E-state index in [1.54, 1.807) is 7.05 Å². The molecule has 0 aliphatic heterocycles. The van der Waals surface area contributed by atoms with Gasteiger partial charge in [-0.25, -0.2) is 9.97 Å². The summed E-state index contributed by atoms with van der Waals surface area (Å²) in [6.45, 7) is 0.763. The average Bonchev–Trinajstić information content (AvgIpc) is 2.90. The lowest BCUT2D eigenvalue weighted by Gasteiger charge is -2.35. The van der Waals surface area contributed by atoms with Crippen molar-refractivity contribution in [1.82, 2.24) is 34.9 Å². The first-order chi connectivity index (χ1) is 12.0. The third kappa shape index (κ3) is 3.76. The largest absolute Gasteiger partial charge is 0.357 e. The Morgan fingerprint density at radius 1 is 1.28 bits per heavy atom. The molecule has 0 saturated heterocycles. The van der Waals surface area contributed by atoms with Crippen molar-refractivity contribution in [3.05, 3.63) is 29.6 Å². The van der Waals surface area contributed by atoms with Crippen molar-refractivity contribution in [2.45, 2.75) is 31.3 Å². The van der Waals surface area contributed by atoms with Gasteiger partial charge in [0.2, 0.25) is 5.95 Å². The van der Waals surface area contributed by atoms with Crippen molar-refractivity contribution < 1.29 is 4.79 Å². The van der Waals surface area contributed by atoms with E-state index in [9.17, 15) is 4.79 Å². The molecular weight excluding hydrogens is 320 g/mol. The summed E-state index contributed by atoms with van der Waals surface area (Å²) in [4.78, 5) is 22.4. The number of anilines is 1. The molecule has 0 atom stereocenters. The predicted octanol–water partition coefficient (Wildman–Crippen LogP) is 0.384. The first-order valence-electron chi connectivity index (χ1n) is 8.31. The van der Waals surface area contributed by atoms with Crippen LogP contribution in [-0.2, 0) is 13.6 Å². The topological polar surface area (TPSA) is 101 Å². The van der Waals surface area contributed by atoms with Crippen LogP contribution in [0, 0.1) is 0 Å². The van der Waals surface area contributed by atoms with E-state index < -0.39 is 0 Å². The zero-order chi connectivity index (χ0) is 18.0. The Bertz CT molecular complexity index is 733. The summed E-state index contributed by atoms with van der Waals surface area (Å²) in [5.41, 5.74) is 0.467. The summed E-state index contributed by atoms with van der Waals surface area (Å²) in [6.07, 6.45) is 4.80. The van der Waals surface area contributed by atoms with Crippen molar-refractivity contribution in [3.8, 4) is 0 Å². The van der Waals surface area contributed by atoms with Gasteiger partial charge in [0, 0.05) is 38.4 Å². The molecule has 3 rings (SSSR count). The van der Waals surface area contributed by atoms with Crippen molar-refractivity contribution >= 4 is 11.9 Å². The maximum atomic E-state index is 12.2. The van der Waals surface area contributed by atoms with Crippen LogP contribution in [0.3, 0.4) is 0 Å². The molecule has 1 fully saturated rings. The van der Waals surface area contributed by atoms with Crippen molar-refractivity contribution in [3.63, 3.8) is 0 Å². The summed E-state index contributed by atoms with van der Waals surface area (Å²) in [5, 5.41) is 14.4. The van der Waals surface area contributed by atoms with Gasteiger partial charge in [-0.2, -0.15) is 0 Å². The molecule has 0 aromatic carbocycles. The average molecular weight is 344 g/mol. The predicted molar refractivity (Wildman–Crippen MR) is 93.2 cm³/mol. The van der Waals surface area contributed by atoms with E-state index in [-0.39, 0.29) is 11.9 Å². The Kier molecular flexibility index (Phi) is 4.93. The first-order valence-corrected chi connectivity index (χ1v) is 8.31. The second-order valence-corrected chi connectivity index (χ2v) is 6.66. The molecule has 25 heavy (non-hydrogen) atoms. The minimum atomic E-state index is -0.141. The maximum absolute atomic E-state index is 12.2. The van der Waals surface area contributed by atoms with Gasteiger partial charge in [-0.05, 0) is 26.9 Å². The third-order valence-corrected chi connectivity index (χ3v) is 4.43. The Hall–Kier alpha value is -2.55. The van der Waals surface area contributed by atoms with Crippen LogP contribution < -0.4 is 10.6 Å². The van der Waals surface area contributed by atoms with Gasteiger partial charge in [0.1, 0.15) is 11.6 Å². The second kappa shape index (κ2) is 7.14. The van der Waals surface area contributed by atoms with E-state index in [0.29, 0.717) is 17.4 Å². The summed E-state index contributed by atoms with van der Waals surface area (Å²) >= 11 is 0. The van der Waals surface area contributed by atoms with E-state index in [1.807, 2.05) is 21.1 Å². The van der Waals surface area contributed by atoms with Gasteiger partial charge in [-0.1, -0.05) is 0 Å². The Morgan fingerprint density at radius 3 is 2.56 bits per heavy atom. The molecule has 0 bridgehead atoms. The molecule has 2 aromatic rings. The summed E-state index contributed by atoms with van der Waals surface area (Å²) in [6, 6.07) is 0.149. The number of amides is 1. The van der Waals surface area contributed by atoms with Crippen LogP contribution in [0.15, 0.2) is 12.4 Å². The molecule has 134 valence electrons. The highest BCUT2D eigenvalue weighted by Crippen LogP contribution is 2.36. The number of rotatable bonds is 6. The molecule has 1 amide bonds. The van der Waals surface area contributed by atoms with Crippen molar-refractivity contribution in [2.75, 3.05) is 26.5 Å². The summed E-state index contributed by atoms with van der Waals surface area (Å²) in [5.74, 6) is 2.63. The summed E-state index contributed by atoms with van der Waals surface area (Å²) < 4.78 is 2.06. The standard InChI is InChI=1S/C16H24N8O/c1-17-16-18-7-11(8-19-16)15(25)20-12-5-10(6-12)14-22-21-13(24(14)4)9-23(2)3/h7-8,10,12H,5-6,9H2,1-4H3,(H,20,25)(H,17,18,19). The van der Waals surface area contributed by atoms with Gasteiger partial charge in [0.15, 0.2) is 0 Å². The number of hydrogen-bond acceptors (Lipinski definition) is 7. The molecule has 1 aliphatic rings. The van der Waals surface area contributed by atoms with Gasteiger partial charge in [0.05, 0.1) is 12.1 Å². The number of carbonyl (C=O) groups excluding carboxylic acids is 1. The lowest BCUT2D eigenvalue weighted by atomic mass is 9.79. The molecule has 0 radical (unpaired) electrons. The second-order valence-electron chi connectivity index (χ2n) is 6.66. The van der Waals surface area contributed by atoms with Crippen LogP contribution in [0.5, 0.6) is 0 Å². The Balaban J connectivity index is 1.54. The fourth-order valence-electron chi connectivity index (χ4n) is 2.94. The van der Waals surface area contributed by atoms with Gasteiger partial charge in [-0.3, -0.25) is 4.79 Å². The van der Waals surface area contributed by atoms with Crippen LogP contribution in [0.1, 0.15) is 40.8 Å². The van der Waals surface area contributed by atoms with Crippen LogP contribution in [-0.4, -0.2) is 62.7 Å². The molecule has 1 saturated carbocycles. The molecule has 0 unspecified atom stereocenters. The molecule has 9 nitrogen and oxygen atoms in total. The first kappa shape index (κ1) is 17.3. The molecule has 0 spiro atoms. The van der Waals surface area contributed by atoms with Gasteiger partial charge < -0.3 is 20.1 Å². The van der Waals surface area contributed by atoms with Crippen molar-refractivity contribution in [2.24, 2.45) is 7.05 Å². The molecule has 2 N–H and O–H groups in total. The number of carbonyl (C=O) groups is 1. The number of aromatic nitrogens is 5. The van der Waals surface area contributed by atoms with Crippen LogP contribution in [0.25, 0.3) is 0 Å². The van der Waals surface area contributed by atoms with Gasteiger partial charge in [0.25, 0.3) is 5.91 Å². The zero-order valence-corrected chi connectivity index (χ0v) is 15.0. The third-order valence-electron chi connectivity index (χ3n) is 4.43. The van der Waals surface area contributed by atoms with Crippen LogP contribution in [0.4, 0.5) is 5.95 Å². The smallest absolute Gasteiger partial charge is 0.254 e. The number of nitrogens with one attached hydrogen (secondary N) is 2. The SMILES string of the molecule is CNc1ncc(C(=O)NC2CC(c3nnc(CN(C)C)n3C)C2)cn1. The van der Waals surface area contributed by atoms with Gasteiger partial charge in [-0.15, -0.1) is 10.2 Å². The summed E-state index contributed by atoms with van der Waals surface area (Å²) in [7, 11) is 7.76. The van der Waals surface area contributed by atoms with Crippen LogP contribution >= 0.6 is 0 Å². The van der Waals surface area contributed by atoms with E-state index >= 15 is 0 Å². The molecule has 2 heterocycles. The lowest BCUT2D eigenvalue weighted by Crippen LogP contribution is -2.44. The van der Waals surface area contributed by atoms with E-state index in [1.165, 1.54) is 12.4 Å². The zero-order valence-electron chi connectivity index (χ0n) is 15.0. The fourth-order valence-corrected chi connectivity index (χ4v) is 2.94. The van der Waals surface area contributed by atoms with Gasteiger partial charge >= 0.3 is 0 Å². The Labute approximate surface area is 146 Å². The van der Waals surface area contributed by atoms with Crippen LogP contribution in [0.2, 0.25) is 0 Å². The monoisotopic (exact) mass is 344 g/mol. The molecular formula is C16H24N8O. The molecule has 1 aliphatic carbocycles. The number of nitrogens with zero attached hydrogens (tertiary/aromatic N) is 6. The van der Waals surface area contributed by atoms with E-state index in [2.05, 4.69) is 40.3 Å². The maximum Gasteiger partial charge on any atom is 0.254 e. The minimum Gasteiger partial charge on any atom is -0.357 e. The van der Waals surface area contributed by atoms with Crippen molar-refractivity contribution in [1.29, 1.82) is 0 Å². The highest BCUT2D eigenvalue weighted by atomic mass is 16.1. The lowest BCUT2D eigenvalue weighted by molar-refractivity contribution is 0.0906. The fraction of sp³-hybridized carbons (Fsp3) is 0.562. The van der Waals surface area contributed by atoms with E-state index in [0.717, 1.165) is 31.0 Å². The number of hydrogen-bond donors (Lipinski definition) is 2.